The molecule has 0 aromatic heterocycles. The van der Waals surface area contributed by atoms with Crippen molar-refractivity contribution in [1.82, 2.24) is 0 Å². The molecule has 3 atom stereocenters. The Morgan fingerprint density at radius 3 is 1.19 bits per heavy atom. The third-order valence-corrected chi connectivity index (χ3v) is 2.35. The Balaban J connectivity index is 4.30. The zero-order valence-corrected chi connectivity index (χ0v) is 9.49. The summed E-state index contributed by atoms with van der Waals surface area (Å²) in [5, 5.41) is 27.3. The molecule has 7 heteroatoms. The van der Waals surface area contributed by atoms with Crippen LogP contribution in [0, 0.1) is 0 Å². The van der Waals surface area contributed by atoms with Crippen LogP contribution in [0.4, 0.5) is 0 Å². The van der Waals surface area contributed by atoms with Gasteiger partial charge in [0.15, 0.2) is 18.9 Å². The van der Waals surface area contributed by atoms with E-state index >= 15 is 0 Å². The molecule has 0 bridgehead atoms. The molecule has 0 aromatic rings. The third-order valence-electron chi connectivity index (χ3n) is 1.19. The highest BCUT2D eigenvalue weighted by Gasteiger charge is 2.21. The van der Waals surface area contributed by atoms with Crippen LogP contribution < -0.4 is 0 Å². The van der Waals surface area contributed by atoms with Gasteiger partial charge in [-0.1, -0.05) is 19.7 Å². The molecule has 6 nitrogen and oxygen atoms in total. The van der Waals surface area contributed by atoms with Crippen molar-refractivity contribution >= 4 is 8.60 Å². The van der Waals surface area contributed by atoms with Gasteiger partial charge in [0.1, 0.15) is 0 Å². The van der Waals surface area contributed by atoms with Crippen LogP contribution in [0.3, 0.4) is 0 Å². The topological polar surface area (TPSA) is 88.4 Å². The molecular formula is C9H15O6P. The van der Waals surface area contributed by atoms with Gasteiger partial charge >= 0.3 is 8.60 Å². The smallest absolute Gasteiger partial charge is 0.340 e. The molecule has 0 rings (SSSR count). The van der Waals surface area contributed by atoms with Crippen LogP contribution in [0.15, 0.2) is 38.0 Å². The Bertz CT molecular complexity index is 196. The summed E-state index contributed by atoms with van der Waals surface area (Å²) in [5.74, 6) is 0. The molecule has 0 amide bonds. The van der Waals surface area contributed by atoms with Crippen LogP contribution in [-0.2, 0) is 13.6 Å². The van der Waals surface area contributed by atoms with Crippen molar-refractivity contribution in [3.63, 3.8) is 0 Å². The summed E-state index contributed by atoms with van der Waals surface area (Å²) in [6.45, 7) is 9.81. The summed E-state index contributed by atoms with van der Waals surface area (Å²) in [5.41, 5.74) is 0. The van der Waals surface area contributed by atoms with Gasteiger partial charge in [-0.25, -0.2) is 0 Å². The van der Waals surface area contributed by atoms with Crippen molar-refractivity contribution in [2.24, 2.45) is 0 Å². The predicted molar refractivity (Wildman–Crippen MR) is 58.8 cm³/mol. The minimum absolute atomic E-state index is 1.09. The maximum Gasteiger partial charge on any atom is 0.340 e. The second-order valence-electron chi connectivity index (χ2n) is 2.42. The van der Waals surface area contributed by atoms with Gasteiger partial charge in [-0.15, -0.1) is 0 Å². The van der Waals surface area contributed by atoms with Gasteiger partial charge in [0.05, 0.1) is 0 Å². The van der Waals surface area contributed by atoms with E-state index in [1.807, 2.05) is 0 Å². The van der Waals surface area contributed by atoms with Gasteiger partial charge in [-0.05, 0) is 18.2 Å². The Labute approximate surface area is 95.1 Å². The molecule has 0 heterocycles. The van der Waals surface area contributed by atoms with Gasteiger partial charge in [0.2, 0.25) is 0 Å². The summed E-state index contributed by atoms with van der Waals surface area (Å²) >= 11 is 0. The van der Waals surface area contributed by atoms with Crippen LogP contribution in [0.1, 0.15) is 0 Å². The lowest BCUT2D eigenvalue weighted by Gasteiger charge is -2.21. The quantitative estimate of drug-likeness (QED) is 0.318. The molecule has 16 heavy (non-hydrogen) atoms. The molecule has 92 valence electrons. The number of hydrogen-bond acceptors (Lipinski definition) is 6. The number of aliphatic hydroxyl groups is 3. The summed E-state index contributed by atoms with van der Waals surface area (Å²) in [6.07, 6.45) is -0.742. The molecule has 0 spiro atoms. The second-order valence-corrected chi connectivity index (χ2v) is 3.50. The first-order valence-corrected chi connectivity index (χ1v) is 5.35. The fourth-order valence-corrected chi connectivity index (χ4v) is 1.40. The van der Waals surface area contributed by atoms with Crippen LogP contribution in [0.25, 0.3) is 0 Å². The molecule has 0 radical (unpaired) electrons. The van der Waals surface area contributed by atoms with E-state index < -0.39 is 27.5 Å². The minimum atomic E-state index is -2.16. The Hall–Kier alpha value is -0.590. The molecule has 0 aromatic carbocycles. The molecular weight excluding hydrogens is 235 g/mol. The van der Waals surface area contributed by atoms with Crippen LogP contribution in [-0.4, -0.2) is 34.2 Å². The maximum absolute atomic E-state index is 9.10. The summed E-state index contributed by atoms with van der Waals surface area (Å²) in [7, 11) is -2.16. The van der Waals surface area contributed by atoms with Gasteiger partial charge < -0.3 is 15.3 Å². The van der Waals surface area contributed by atoms with E-state index in [1.165, 1.54) is 0 Å². The molecule has 0 aliphatic rings. The van der Waals surface area contributed by atoms with E-state index in [2.05, 4.69) is 19.7 Å². The lowest BCUT2D eigenvalue weighted by Crippen LogP contribution is -2.15. The Morgan fingerprint density at radius 1 is 0.750 bits per heavy atom. The average molecular weight is 250 g/mol. The first kappa shape index (κ1) is 15.4. The number of rotatable bonds is 9. The predicted octanol–water partition coefficient (Wildman–Crippen LogP) is 0.776. The van der Waals surface area contributed by atoms with Crippen LogP contribution in [0.2, 0.25) is 0 Å². The largest absolute Gasteiger partial charge is 0.364 e. The van der Waals surface area contributed by atoms with E-state index in [4.69, 9.17) is 28.9 Å². The molecule has 0 fully saturated rings. The van der Waals surface area contributed by atoms with E-state index in [9.17, 15) is 0 Å². The van der Waals surface area contributed by atoms with Gasteiger partial charge in [-0.2, -0.15) is 0 Å². The molecule has 0 saturated carbocycles. The van der Waals surface area contributed by atoms with Crippen molar-refractivity contribution < 1.29 is 28.9 Å². The lowest BCUT2D eigenvalue weighted by atomic mass is 10.6. The second kappa shape index (κ2) is 8.55. The molecule has 3 N–H and O–H groups in total. The maximum atomic E-state index is 9.10. The van der Waals surface area contributed by atoms with Crippen molar-refractivity contribution in [2.75, 3.05) is 0 Å². The summed E-state index contributed by atoms with van der Waals surface area (Å²) < 4.78 is 14.4. The standard InChI is InChI=1S/C9H15O6P/c1-4-7(10)13-16(14-8(11)5-2)15-9(12)6-3/h4-12H,1-3H2. The molecule has 3 unspecified atom stereocenters. The number of aliphatic hydroxyl groups excluding tert-OH is 3. The fourth-order valence-electron chi connectivity index (χ4n) is 0.468. The van der Waals surface area contributed by atoms with E-state index in [1.54, 1.807) is 0 Å². The molecule has 0 aliphatic heterocycles. The normalized spacial score (nSPS) is 18.2. The van der Waals surface area contributed by atoms with Gasteiger partial charge in [0, 0.05) is 0 Å². The zero-order chi connectivity index (χ0) is 12.6. The van der Waals surface area contributed by atoms with Crippen molar-refractivity contribution in [3.05, 3.63) is 38.0 Å². The van der Waals surface area contributed by atoms with Crippen LogP contribution in [0.5, 0.6) is 0 Å². The highest BCUT2D eigenvalue weighted by molar-refractivity contribution is 7.41. The first-order chi connectivity index (χ1) is 7.53. The van der Waals surface area contributed by atoms with Gasteiger partial charge in [0.25, 0.3) is 0 Å². The molecule has 0 aliphatic carbocycles. The van der Waals surface area contributed by atoms with E-state index in [0.717, 1.165) is 18.2 Å². The summed E-state index contributed by atoms with van der Waals surface area (Å²) in [4.78, 5) is 0. The number of hydrogen-bond donors (Lipinski definition) is 3. The first-order valence-electron chi connectivity index (χ1n) is 4.25. The highest BCUT2D eigenvalue weighted by Crippen LogP contribution is 2.43. The Kier molecular flexibility index (Phi) is 8.23. The fraction of sp³-hybridized carbons (Fsp3) is 0.333. The third kappa shape index (κ3) is 6.81. The highest BCUT2D eigenvalue weighted by atomic mass is 31.2. The zero-order valence-electron chi connectivity index (χ0n) is 8.60. The molecule has 0 saturated heterocycles. The van der Waals surface area contributed by atoms with Crippen molar-refractivity contribution in [1.29, 1.82) is 0 Å². The summed E-state index contributed by atoms with van der Waals surface area (Å²) in [6, 6.07) is 0. The Morgan fingerprint density at radius 2 is 1.00 bits per heavy atom. The van der Waals surface area contributed by atoms with E-state index in [-0.39, 0.29) is 0 Å². The van der Waals surface area contributed by atoms with Crippen molar-refractivity contribution in [3.8, 4) is 0 Å². The lowest BCUT2D eigenvalue weighted by molar-refractivity contribution is -0.0645. The van der Waals surface area contributed by atoms with Crippen LogP contribution >= 0.6 is 8.60 Å². The minimum Gasteiger partial charge on any atom is -0.364 e. The van der Waals surface area contributed by atoms with Gasteiger partial charge in [-0.3, -0.25) is 13.6 Å². The SMILES string of the molecule is C=CC(O)OP(OC(O)C=C)OC(O)C=C. The average Bonchev–Trinajstić information content (AvgIpc) is 2.28. The van der Waals surface area contributed by atoms with Crippen molar-refractivity contribution in [2.45, 2.75) is 18.9 Å². The van der Waals surface area contributed by atoms with E-state index in [0.29, 0.717) is 0 Å². The monoisotopic (exact) mass is 250 g/mol.